The quantitative estimate of drug-likeness (QED) is 0.776. The van der Waals surface area contributed by atoms with Gasteiger partial charge in [0.25, 0.3) is 0 Å². The fourth-order valence-electron chi connectivity index (χ4n) is 2.11. The van der Waals surface area contributed by atoms with Crippen LogP contribution in [0, 0.1) is 9.49 Å². The fraction of sp³-hybridized carbons (Fsp3) is 0.571. The maximum absolute atomic E-state index is 5.75. The van der Waals surface area contributed by atoms with Crippen molar-refractivity contribution in [2.24, 2.45) is 5.92 Å². The molecular formula is C14H20INO. The number of ether oxygens (including phenoxy) is 1. The highest BCUT2D eigenvalue weighted by atomic mass is 127. The molecular weight excluding hydrogens is 325 g/mol. The Labute approximate surface area is 117 Å². The van der Waals surface area contributed by atoms with Gasteiger partial charge in [0, 0.05) is 10.1 Å². The van der Waals surface area contributed by atoms with Gasteiger partial charge in [0.05, 0.1) is 0 Å². The minimum atomic E-state index is 0.801. The first-order valence-electron chi connectivity index (χ1n) is 6.35. The lowest BCUT2D eigenvalue weighted by Gasteiger charge is -2.29. The molecule has 0 aliphatic carbocycles. The van der Waals surface area contributed by atoms with Crippen LogP contribution in [0.15, 0.2) is 24.3 Å². The zero-order valence-electron chi connectivity index (χ0n) is 10.4. The molecule has 0 spiro atoms. The zero-order valence-corrected chi connectivity index (χ0v) is 12.5. The van der Waals surface area contributed by atoms with E-state index < -0.39 is 0 Å². The molecule has 1 heterocycles. The highest BCUT2D eigenvalue weighted by Gasteiger charge is 2.14. The van der Waals surface area contributed by atoms with E-state index in [4.69, 9.17) is 4.74 Å². The van der Waals surface area contributed by atoms with Crippen LogP contribution in [-0.4, -0.2) is 31.1 Å². The van der Waals surface area contributed by atoms with E-state index in [0.717, 1.165) is 24.8 Å². The first-order chi connectivity index (χ1) is 8.24. The van der Waals surface area contributed by atoms with Crippen molar-refractivity contribution in [3.8, 4) is 5.75 Å². The molecule has 17 heavy (non-hydrogen) atoms. The van der Waals surface area contributed by atoms with Crippen LogP contribution in [-0.2, 0) is 0 Å². The molecule has 2 nitrogen and oxygen atoms in total. The van der Waals surface area contributed by atoms with Crippen LogP contribution in [0.4, 0.5) is 0 Å². The Morgan fingerprint density at radius 3 is 2.53 bits per heavy atom. The van der Waals surface area contributed by atoms with Crippen molar-refractivity contribution < 1.29 is 4.74 Å². The minimum absolute atomic E-state index is 0.801. The molecule has 1 fully saturated rings. The molecule has 0 radical (unpaired) electrons. The Bertz CT molecular complexity index is 331. The van der Waals surface area contributed by atoms with Crippen molar-refractivity contribution in [2.45, 2.75) is 19.8 Å². The Kier molecular flexibility index (Phi) is 5.10. The lowest BCUT2D eigenvalue weighted by molar-refractivity contribution is 0.160. The second-order valence-electron chi connectivity index (χ2n) is 4.83. The SMILES string of the molecule is CC1CCN(CCOc2ccc(I)cc2)CC1. The first kappa shape index (κ1) is 13.1. The molecule has 1 aliphatic heterocycles. The normalized spacial score (nSPS) is 18.2. The zero-order chi connectivity index (χ0) is 12.1. The Morgan fingerprint density at radius 1 is 1.24 bits per heavy atom. The molecule has 0 aromatic heterocycles. The summed E-state index contributed by atoms with van der Waals surface area (Å²) < 4.78 is 7.00. The van der Waals surface area contributed by atoms with E-state index in [1.54, 1.807) is 0 Å². The van der Waals surface area contributed by atoms with E-state index in [1.165, 1.54) is 29.5 Å². The highest BCUT2D eigenvalue weighted by Crippen LogP contribution is 2.16. The molecule has 0 atom stereocenters. The number of hydrogen-bond acceptors (Lipinski definition) is 2. The number of hydrogen-bond donors (Lipinski definition) is 0. The van der Waals surface area contributed by atoms with Gasteiger partial charge >= 0.3 is 0 Å². The molecule has 3 heteroatoms. The number of piperidine rings is 1. The van der Waals surface area contributed by atoms with Crippen LogP contribution < -0.4 is 4.74 Å². The summed E-state index contributed by atoms with van der Waals surface area (Å²) in [7, 11) is 0. The van der Waals surface area contributed by atoms with E-state index in [-0.39, 0.29) is 0 Å². The summed E-state index contributed by atoms with van der Waals surface area (Å²) in [5, 5.41) is 0. The molecule has 1 aromatic carbocycles. The smallest absolute Gasteiger partial charge is 0.119 e. The van der Waals surface area contributed by atoms with Gasteiger partial charge in [0.2, 0.25) is 0 Å². The van der Waals surface area contributed by atoms with Gasteiger partial charge in [0.1, 0.15) is 12.4 Å². The van der Waals surface area contributed by atoms with Crippen LogP contribution in [0.5, 0.6) is 5.75 Å². The molecule has 1 aliphatic rings. The standard InChI is InChI=1S/C14H20INO/c1-12-6-8-16(9-7-12)10-11-17-14-4-2-13(15)3-5-14/h2-5,12H,6-11H2,1H3. The number of rotatable bonds is 4. The third-order valence-corrected chi connectivity index (χ3v) is 4.09. The van der Waals surface area contributed by atoms with Gasteiger partial charge in [-0.1, -0.05) is 6.92 Å². The molecule has 2 rings (SSSR count). The fourth-order valence-corrected chi connectivity index (χ4v) is 2.47. The van der Waals surface area contributed by atoms with Crippen LogP contribution in [0.3, 0.4) is 0 Å². The summed E-state index contributed by atoms with van der Waals surface area (Å²) in [6.45, 7) is 6.67. The van der Waals surface area contributed by atoms with Gasteiger partial charge < -0.3 is 4.74 Å². The van der Waals surface area contributed by atoms with Crippen molar-refractivity contribution in [1.82, 2.24) is 4.90 Å². The maximum Gasteiger partial charge on any atom is 0.119 e. The van der Waals surface area contributed by atoms with Crippen LogP contribution in [0.1, 0.15) is 19.8 Å². The van der Waals surface area contributed by atoms with Gasteiger partial charge in [-0.25, -0.2) is 0 Å². The molecule has 0 unspecified atom stereocenters. The van der Waals surface area contributed by atoms with E-state index in [1.807, 2.05) is 12.1 Å². The van der Waals surface area contributed by atoms with Gasteiger partial charge in [-0.15, -0.1) is 0 Å². The molecule has 0 amide bonds. The lowest BCUT2D eigenvalue weighted by atomic mass is 9.99. The lowest BCUT2D eigenvalue weighted by Crippen LogP contribution is -2.35. The third kappa shape index (κ3) is 4.47. The highest BCUT2D eigenvalue weighted by molar-refractivity contribution is 14.1. The van der Waals surface area contributed by atoms with Crippen molar-refractivity contribution in [3.63, 3.8) is 0 Å². The summed E-state index contributed by atoms with van der Waals surface area (Å²) in [6.07, 6.45) is 2.67. The Balaban J connectivity index is 1.67. The summed E-state index contributed by atoms with van der Waals surface area (Å²) in [4.78, 5) is 2.51. The number of benzene rings is 1. The summed E-state index contributed by atoms with van der Waals surface area (Å²) in [5.41, 5.74) is 0. The van der Waals surface area contributed by atoms with E-state index in [2.05, 4.69) is 46.5 Å². The van der Waals surface area contributed by atoms with E-state index in [9.17, 15) is 0 Å². The number of nitrogens with zero attached hydrogens (tertiary/aromatic N) is 1. The molecule has 0 bridgehead atoms. The average Bonchev–Trinajstić information content (AvgIpc) is 2.34. The van der Waals surface area contributed by atoms with Crippen molar-refractivity contribution >= 4 is 22.6 Å². The number of likely N-dealkylation sites (tertiary alicyclic amines) is 1. The summed E-state index contributed by atoms with van der Waals surface area (Å²) in [5.74, 6) is 1.89. The second kappa shape index (κ2) is 6.59. The predicted molar refractivity (Wildman–Crippen MR) is 79.5 cm³/mol. The van der Waals surface area contributed by atoms with Gasteiger partial charge in [0.15, 0.2) is 0 Å². The van der Waals surface area contributed by atoms with Gasteiger partial charge in [-0.05, 0) is 78.7 Å². The monoisotopic (exact) mass is 345 g/mol. The molecule has 0 saturated carbocycles. The van der Waals surface area contributed by atoms with Crippen LogP contribution in [0.25, 0.3) is 0 Å². The number of halogens is 1. The molecule has 1 saturated heterocycles. The first-order valence-corrected chi connectivity index (χ1v) is 7.42. The minimum Gasteiger partial charge on any atom is -0.492 e. The van der Waals surface area contributed by atoms with Gasteiger partial charge in [-0.3, -0.25) is 4.90 Å². The largest absolute Gasteiger partial charge is 0.492 e. The van der Waals surface area contributed by atoms with Crippen LogP contribution in [0.2, 0.25) is 0 Å². The van der Waals surface area contributed by atoms with Crippen molar-refractivity contribution in [1.29, 1.82) is 0 Å². The van der Waals surface area contributed by atoms with E-state index >= 15 is 0 Å². The molecule has 1 aromatic rings. The van der Waals surface area contributed by atoms with Gasteiger partial charge in [-0.2, -0.15) is 0 Å². The third-order valence-electron chi connectivity index (χ3n) is 3.37. The van der Waals surface area contributed by atoms with E-state index in [0.29, 0.717) is 0 Å². The Hall–Kier alpha value is -0.290. The maximum atomic E-state index is 5.75. The average molecular weight is 345 g/mol. The Morgan fingerprint density at radius 2 is 1.88 bits per heavy atom. The van der Waals surface area contributed by atoms with Crippen molar-refractivity contribution in [3.05, 3.63) is 27.8 Å². The molecule has 94 valence electrons. The van der Waals surface area contributed by atoms with Crippen LogP contribution >= 0.6 is 22.6 Å². The van der Waals surface area contributed by atoms with Crippen molar-refractivity contribution in [2.75, 3.05) is 26.2 Å². The predicted octanol–water partition coefficient (Wildman–Crippen LogP) is 3.40. The topological polar surface area (TPSA) is 12.5 Å². The summed E-state index contributed by atoms with van der Waals surface area (Å²) in [6, 6.07) is 8.25. The molecule has 0 N–H and O–H groups in total. The second-order valence-corrected chi connectivity index (χ2v) is 6.07. The summed E-state index contributed by atoms with van der Waals surface area (Å²) >= 11 is 2.31.